The fourth-order valence-corrected chi connectivity index (χ4v) is 2.26. The Bertz CT molecular complexity index is 488. The number of aliphatic hydroxyl groups is 1. The highest BCUT2D eigenvalue weighted by Gasteiger charge is 2.57. The lowest BCUT2D eigenvalue weighted by molar-refractivity contribution is -0.576. The smallest absolute Gasteiger partial charge is 0.384 e. The second-order valence-corrected chi connectivity index (χ2v) is 5.02. The molecule has 0 saturated heterocycles. The van der Waals surface area contributed by atoms with Crippen molar-refractivity contribution in [2.75, 3.05) is 6.61 Å². The van der Waals surface area contributed by atoms with Crippen molar-refractivity contribution < 1.29 is 22.8 Å². The zero-order valence-corrected chi connectivity index (χ0v) is 8.72. The van der Waals surface area contributed by atoms with Crippen molar-refractivity contribution in [1.82, 2.24) is 0 Å². The lowest BCUT2D eigenvalue weighted by atomic mass is 10.4. The SMILES string of the molecule is O=[N+]([O-])[C@](F)(CO)S(=O)(=O)c1ccccc1. The molecule has 88 valence electrons. The van der Waals surface area contributed by atoms with Gasteiger partial charge in [0.25, 0.3) is 9.84 Å². The van der Waals surface area contributed by atoms with Crippen LogP contribution in [0.4, 0.5) is 4.39 Å². The normalized spacial score (nSPS) is 15.4. The van der Waals surface area contributed by atoms with Crippen molar-refractivity contribution in [3.63, 3.8) is 0 Å². The lowest BCUT2D eigenvalue weighted by Crippen LogP contribution is -2.45. The average molecular weight is 249 g/mol. The van der Waals surface area contributed by atoms with Gasteiger partial charge in [-0.1, -0.05) is 18.2 Å². The Labute approximate surface area is 90.4 Å². The zero-order valence-electron chi connectivity index (χ0n) is 7.91. The van der Waals surface area contributed by atoms with Gasteiger partial charge in [0.2, 0.25) is 0 Å². The molecule has 0 amide bonds. The fourth-order valence-electron chi connectivity index (χ4n) is 1.02. The highest BCUT2D eigenvalue weighted by atomic mass is 32.2. The third kappa shape index (κ3) is 1.76. The van der Waals surface area contributed by atoms with Gasteiger partial charge in [-0.3, -0.25) is 10.1 Å². The molecule has 0 aromatic heterocycles. The van der Waals surface area contributed by atoms with Gasteiger partial charge in [-0.2, -0.15) is 0 Å². The molecule has 0 heterocycles. The van der Waals surface area contributed by atoms with Crippen molar-refractivity contribution in [1.29, 1.82) is 0 Å². The molecule has 1 atom stereocenters. The number of nitrogens with zero attached hydrogens (tertiary/aromatic N) is 1. The van der Waals surface area contributed by atoms with E-state index in [0.717, 1.165) is 12.1 Å². The van der Waals surface area contributed by atoms with Crippen molar-refractivity contribution in [3.05, 3.63) is 40.4 Å². The monoisotopic (exact) mass is 249 g/mol. The van der Waals surface area contributed by atoms with Crippen molar-refractivity contribution in [3.8, 4) is 0 Å². The minimum absolute atomic E-state index is 0.553. The molecule has 1 aromatic rings. The van der Waals surface area contributed by atoms with E-state index in [2.05, 4.69) is 0 Å². The van der Waals surface area contributed by atoms with E-state index >= 15 is 0 Å². The van der Waals surface area contributed by atoms with E-state index in [1.165, 1.54) is 18.2 Å². The molecule has 0 spiro atoms. The van der Waals surface area contributed by atoms with Crippen LogP contribution in [-0.2, 0) is 9.84 Å². The Morgan fingerprint density at radius 3 is 2.25 bits per heavy atom. The molecule has 0 fully saturated rings. The Morgan fingerprint density at radius 1 is 1.38 bits per heavy atom. The van der Waals surface area contributed by atoms with Crippen LogP contribution in [0.3, 0.4) is 0 Å². The summed E-state index contributed by atoms with van der Waals surface area (Å²) in [5.74, 6) is 0. The van der Waals surface area contributed by atoms with Crippen LogP contribution in [0.25, 0.3) is 0 Å². The van der Waals surface area contributed by atoms with Gasteiger partial charge in [0.15, 0.2) is 6.61 Å². The van der Waals surface area contributed by atoms with Gasteiger partial charge in [0.05, 0.1) is 9.82 Å². The third-order valence-electron chi connectivity index (χ3n) is 1.93. The predicted molar refractivity (Wildman–Crippen MR) is 51.5 cm³/mol. The van der Waals surface area contributed by atoms with Crippen molar-refractivity contribution in [2.24, 2.45) is 0 Å². The predicted octanol–water partition coefficient (Wildman–Crippen LogP) is 0.353. The van der Waals surface area contributed by atoms with Gasteiger partial charge in [-0.05, 0) is 12.1 Å². The first-order chi connectivity index (χ1) is 7.36. The summed E-state index contributed by atoms with van der Waals surface area (Å²) in [5.41, 5.74) is 0. The van der Waals surface area contributed by atoms with E-state index in [9.17, 15) is 22.9 Å². The first-order valence-corrected chi connectivity index (χ1v) is 5.58. The van der Waals surface area contributed by atoms with Crippen LogP contribution in [0.2, 0.25) is 0 Å². The van der Waals surface area contributed by atoms with Gasteiger partial charge in [-0.15, -0.1) is 4.39 Å². The van der Waals surface area contributed by atoms with Crippen LogP contribution in [0, 0.1) is 10.1 Å². The van der Waals surface area contributed by atoms with Crippen LogP contribution < -0.4 is 0 Å². The minimum Gasteiger partial charge on any atom is -0.384 e. The summed E-state index contributed by atoms with van der Waals surface area (Å²) >= 11 is 0. The molecular weight excluding hydrogens is 241 g/mol. The molecule has 0 aliphatic rings. The number of benzene rings is 1. The van der Waals surface area contributed by atoms with Crippen LogP contribution in [0.5, 0.6) is 0 Å². The summed E-state index contributed by atoms with van der Waals surface area (Å²) < 4.78 is 36.7. The van der Waals surface area contributed by atoms with Crippen LogP contribution in [0.1, 0.15) is 0 Å². The molecule has 1 aromatic carbocycles. The highest BCUT2D eigenvalue weighted by molar-refractivity contribution is 7.92. The van der Waals surface area contributed by atoms with E-state index in [1.54, 1.807) is 0 Å². The van der Waals surface area contributed by atoms with E-state index in [1.807, 2.05) is 0 Å². The number of aliphatic hydroxyl groups excluding tert-OH is 1. The number of alkyl halides is 1. The number of nitro groups is 1. The Kier molecular flexibility index (Phi) is 3.24. The molecule has 0 bridgehead atoms. The largest absolute Gasteiger partial charge is 0.485 e. The number of hydrogen-bond donors (Lipinski definition) is 1. The van der Waals surface area contributed by atoms with Gasteiger partial charge in [-0.25, -0.2) is 8.42 Å². The average Bonchev–Trinajstić information content (AvgIpc) is 2.28. The summed E-state index contributed by atoms with van der Waals surface area (Å²) in [6, 6.07) is 6.10. The minimum atomic E-state index is -4.87. The molecule has 8 heteroatoms. The quantitative estimate of drug-likeness (QED) is 0.471. The summed E-state index contributed by atoms with van der Waals surface area (Å²) in [6.45, 7) is -1.74. The van der Waals surface area contributed by atoms with E-state index < -0.39 is 31.4 Å². The molecule has 0 unspecified atom stereocenters. The zero-order chi connectivity index (χ0) is 12.4. The van der Waals surface area contributed by atoms with Gasteiger partial charge < -0.3 is 5.11 Å². The third-order valence-corrected chi connectivity index (χ3v) is 3.93. The van der Waals surface area contributed by atoms with E-state index in [4.69, 9.17) is 5.11 Å². The molecule has 1 N–H and O–H groups in total. The molecule has 0 radical (unpaired) electrons. The number of halogens is 1. The van der Waals surface area contributed by atoms with Crippen LogP contribution in [0.15, 0.2) is 35.2 Å². The first kappa shape index (κ1) is 12.5. The summed E-state index contributed by atoms with van der Waals surface area (Å²) in [5, 5.41) is 15.0. The summed E-state index contributed by atoms with van der Waals surface area (Å²) in [7, 11) is -4.87. The molecule has 1 rings (SSSR count). The van der Waals surface area contributed by atoms with Gasteiger partial charge in [0.1, 0.15) is 0 Å². The molecule has 16 heavy (non-hydrogen) atoms. The highest BCUT2D eigenvalue weighted by Crippen LogP contribution is 2.27. The Balaban J connectivity index is 3.37. The second kappa shape index (κ2) is 4.14. The number of hydrogen-bond acceptors (Lipinski definition) is 5. The lowest BCUT2D eigenvalue weighted by Gasteiger charge is -2.14. The standard InChI is InChI=1S/C8H8FNO5S/c9-8(6-11,10(12)13)16(14,15)7-4-2-1-3-5-7/h1-5,11H,6H2/t8-/m1/s1. The molecule has 0 saturated carbocycles. The van der Waals surface area contributed by atoms with Gasteiger partial charge in [0, 0.05) is 0 Å². The summed E-state index contributed by atoms with van der Waals surface area (Å²) in [6.07, 6.45) is 0. The molecule has 6 nitrogen and oxygen atoms in total. The Morgan fingerprint density at radius 2 is 1.88 bits per heavy atom. The second-order valence-electron chi connectivity index (χ2n) is 2.92. The van der Waals surface area contributed by atoms with Crippen molar-refractivity contribution >= 4 is 9.84 Å². The van der Waals surface area contributed by atoms with Crippen LogP contribution in [-0.4, -0.2) is 30.2 Å². The molecular formula is C8H8FNO5S. The maximum atomic E-state index is 13.6. The molecule has 0 aliphatic carbocycles. The maximum Gasteiger partial charge on any atom is 0.485 e. The van der Waals surface area contributed by atoms with E-state index in [0.29, 0.717) is 0 Å². The summed E-state index contributed by atoms with van der Waals surface area (Å²) in [4.78, 5) is 8.15. The molecule has 0 aliphatic heterocycles. The topological polar surface area (TPSA) is 97.5 Å². The van der Waals surface area contributed by atoms with E-state index in [-0.39, 0.29) is 0 Å². The van der Waals surface area contributed by atoms with Crippen LogP contribution >= 0.6 is 0 Å². The maximum absolute atomic E-state index is 13.6. The van der Waals surface area contributed by atoms with Gasteiger partial charge >= 0.3 is 5.12 Å². The first-order valence-electron chi connectivity index (χ1n) is 4.10. The number of rotatable bonds is 4. The Hall–Kier alpha value is -1.54. The van der Waals surface area contributed by atoms with Crippen molar-refractivity contribution in [2.45, 2.75) is 10.0 Å². The number of sulfone groups is 1. The fraction of sp³-hybridized carbons (Fsp3) is 0.250.